The molecule has 0 aliphatic heterocycles. The Morgan fingerprint density at radius 1 is 1.04 bits per heavy atom. The second kappa shape index (κ2) is 9.60. The van der Waals surface area contributed by atoms with Crippen LogP contribution in [0.15, 0.2) is 48.5 Å². The highest BCUT2D eigenvalue weighted by Crippen LogP contribution is 2.31. The molecule has 2 N–H and O–H groups in total. The molecular formula is C22H25ClN2O3. The molecule has 6 heteroatoms. The predicted octanol–water partition coefficient (Wildman–Crippen LogP) is 4.93. The van der Waals surface area contributed by atoms with Crippen molar-refractivity contribution in [1.82, 2.24) is 10.6 Å². The molecule has 0 saturated heterocycles. The zero-order valence-corrected chi connectivity index (χ0v) is 16.7. The largest absolute Gasteiger partial charge is 0.479 e. The van der Waals surface area contributed by atoms with Crippen molar-refractivity contribution in [2.75, 3.05) is 0 Å². The van der Waals surface area contributed by atoms with Crippen LogP contribution in [0, 0.1) is 0 Å². The average molecular weight is 401 g/mol. The van der Waals surface area contributed by atoms with Crippen LogP contribution in [0.3, 0.4) is 0 Å². The van der Waals surface area contributed by atoms with Gasteiger partial charge in [0, 0.05) is 6.04 Å². The van der Waals surface area contributed by atoms with Gasteiger partial charge < -0.3 is 10.1 Å². The molecule has 5 nitrogen and oxygen atoms in total. The van der Waals surface area contributed by atoms with E-state index < -0.39 is 18.0 Å². The average Bonchev–Trinajstić information content (AvgIpc) is 2.70. The molecule has 2 aromatic carbocycles. The molecule has 0 unspecified atom stereocenters. The molecule has 0 heterocycles. The molecule has 1 aliphatic carbocycles. The maximum Gasteiger partial charge on any atom is 0.321 e. The SMILES string of the molecule is C[C@@H](Oc1ccc(-c2ccccc2)cc1Cl)C(=O)NC(=O)NC1CCCCC1. The number of halogens is 1. The summed E-state index contributed by atoms with van der Waals surface area (Å²) in [6.45, 7) is 1.59. The van der Waals surface area contributed by atoms with Crippen LogP contribution in [0.1, 0.15) is 39.0 Å². The number of ether oxygens (including phenoxy) is 1. The predicted molar refractivity (Wildman–Crippen MR) is 111 cm³/mol. The molecule has 2 aromatic rings. The van der Waals surface area contributed by atoms with E-state index >= 15 is 0 Å². The Bertz CT molecular complexity index is 820. The third-order valence-corrected chi connectivity index (χ3v) is 5.18. The van der Waals surface area contributed by atoms with Gasteiger partial charge >= 0.3 is 6.03 Å². The Morgan fingerprint density at radius 3 is 2.43 bits per heavy atom. The lowest BCUT2D eigenvalue weighted by atomic mass is 9.96. The lowest BCUT2D eigenvalue weighted by Gasteiger charge is -2.23. The van der Waals surface area contributed by atoms with Crippen molar-refractivity contribution in [2.24, 2.45) is 0 Å². The minimum atomic E-state index is -0.850. The van der Waals surface area contributed by atoms with Crippen LogP contribution < -0.4 is 15.4 Å². The van der Waals surface area contributed by atoms with E-state index in [-0.39, 0.29) is 6.04 Å². The fourth-order valence-corrected chi connectivity index (χ4v) is 3.56. The summed E-state index contributed by atoms with van der Waals surface area (Å²) < 4.78 is 5.66. The first kappa shape index (κ1) is 20.2. The van der Waals surface area contributed by atoms with E-state index in [4.69, 9.17) is 16.3 Å². The molecule has 1 aliphatic rings. The van der Waals surface area contributed by atoms with E-state index in [1.165, 1.54) is 6.42 Å². The van der Waals surface area contributed by atoms with Crippen molar-refractivity contribution in [3.63, 3.8) is 0 Å². The summed E-state index contributed by atoms with van der Waals surface area (Å²) in [5.41, 5.74) is 2.00. The fraction of sp³-hybridized carbons (Fsp3) is 0.364. The summed E-state index contributed by atoms with van der Waals surface area (Å²) >= 11 is 6.33. The highest BCUT2D eigenvalue weighted by Gasteiger charge is 2.21. The zero-order chi connectivity index (χ0) is 19.9. The number of hydrogen-bond acceptors (Lipinski definition) is 3. The lowest BCUT2D eigenvalue weighted by molar-refractivity contribution is -0.126. The summed E-state index contributed by atoms with van der Waals surface area (Å²) in [6.07, 6.45) is 4.48. The minimum absolute atomic E-state index is 0.137. The van der Waals surface area contributed by atoms with Crippen LogP contribution in [-0.2, 0) is 4.79 Å². The van der Waals surface area contributed by atoms with Crippen molar-refractivity contribution >= 4 is 23.5 Å². The molecule has 148 valence electrons. The highest BCUT2D eigenvalue weighted by molar-refractivity contribution is 6.32. The maximum atomic E-state index is 12.3. The number of carbonyl (C=O) groups excluding carboxylic acids is 2. The number of carbonyl (C=O) groups is 2. The molecule has 0 bridgehead atoms. The third kappa shape index (κ3) is 5.49. The van der Waals surface area contributed by atoms with Gasteiger partial charge in [-0.05, 0) is 43.0 Å². The van der Waals surface area contributed by atoms with E-state index in [9.17, 15) is 9.59 Å². The van der Waals surface area contributed by atoms with Crippen molar-refractivity contribution in [2.45, 2.75) is 51.2 Å². The summed E-state index contributed by atoms with van der Waals surface area (Å²) in [4.78, 5) is 24.3. The molecule has 3 amide bonds. The smallest absolute Gasteiger partial charge is 0.321 e. The number of hydrogen-bond donors (Lipinski definition) is 2. The minimum Gasteiger partial charge on any atom is -0.479 e. The Kier molecular flexibility index (Phi) is 6.93. The van der Waals surface area contributed by atoms with Crippen LogP contribution in [0.2, 0.25) is 5.02 Å². The monoisotopic (exact) mass is 400 g/mol. The normalized spacial score (nSPS) is 15.5. The van der Waals surface area contributed by atoms with Gasteiger partial charge in [-0.25, -0.2) is 4.79 Å². The van der Waals surface area contributed by atoms with E-state index in [1.54, 1.807) is 19.1 Å². The van der Waals surface area contributed by atoms with Crippen LogP contribution >= 0.6 is 11.6 Å². The number of amides is 3. The molecule has 1 fully saturated rings. The van der Waals surface area contributed by atoms with Crippen LogP contribution in [-0.4, -0.2) is 24.1 Å². The maximum absolute atomic E-state index is 12.3. The summed E-state index contributed by atoms with van der Waals surface area (Å²) in [7, 11) is 0. The van der Waals surface area contributed by atoms with Crippen LogP contribution in [0.4, 0.5) is 4.79 Å². The van der Waals surface area contributed by atoms with E-state index in [0.29, 0.717) is 10.8 Å². The van der Waals surface area contributed by atoms with Gasteiger partial charge in [0.15, 0.2) is 6.10 Å². The van der Waals surface area contributed by atoms with E-state index in [2.05, 4.69) is 10.6 Å². The molecule has 1 atom stereocenters. The third-order valence-electron chi connectivity index (χ3n) is 4.89. The van der Waals surface area contributed by atoms with Crippen LogP contribution in [0.25, 0.3) is 11.1 Å². The van der Waals surface area contributed by atoms with Crippen molar-refractivity contribution in [1.29, 1.82) is 0 Å². The second-order valence-corrected chi connectivity index (χ2v) is 7.48. The van der Waals surface area contributed by atoms with Crippen molar-refractivity contribution < 1.29 is 14.3 Å². The Balaban J connectivity index is 1.55. The molecule has 28 heavy (non-hydrogen) atoms. The standard InChI is InChI=1S/C22H25ClN2O3/c1-15(21(26)25-22(27)24-18-10-6-3-7-11-18)28-20-13-12-17(14-19(20)23)16-8-4-2-5-9-16/h2,4-5,8-9,12-15,18H,3,6-7,10-11H2,1H3,(H2,24,25,26,27)/t15-/m1/s1. The number of benzene rings is 2. The molecule has 0 aromatic heterocycles. The molecular weight excluding hydrogens is 376 g/mol. The van der Waals surface area contributed by atoms with Crippen LogP contribution in [0.5, 0.6) is 5.75 Å². The van der Waals surface area contributed by atoms with Gasteiger partial charge in [-0.2, -0.15) is 0 Å². The Morgan fingerprint density at radius 2 is 1.75 bits per heavy atom. The summed E-state index contributed by atoms with van der Waals surface area (Å²) in [5.74, 6) is -0.104. The topological polar surface area (TPSA) is 67.4 Å². The zero-order valence-electron chi connectivity index (χ0n) is 15.9. The van der Waals surface area contributed by atoms with E-state index in [0.717, 1.165) is 36.8 Å². The summed E-state index contributed by atoms with van der Waals surface area (Å²) in [6, 6.07) is 14.9. The Hall–Kier alpha value is -2.53. The molecule has 0 radical (unpaired) electrons. The summed E-state index contributed by atoms with van der Waals surface area (Å²) in [5, 5.41) is 5.61. The van der Waals surface area contributed by atoms with Crippen molar-refractivity contribution in [3.8, 4) is 16.9 Å². The molecule has 1 saturated carbocycles. The molecule has 3 rings (SSSR count). The van der Waals surface area contributed by atoms with E-state index in [1.807, 2.05) is 36.4 Å². The van der Waals surface area contributed by atoms with Gasteiger partial charge in [0.1, 0.15) is 5.75 Å². The first-order valence-corrected chi connectivity index (χ1v) is 10.0. The highest BCUT2D eigenvalue weighted by atomic mass is 35.5. The first-order valence-electron chi connectivity index (χ1n) is 9.66. The van der Waals surface area contributed by atoms with Gasteiger partial charge in [-0.3, -0.25) is 10.1 Å². The van der Waals surface area contributed by atoms with Gasteiger partial charge in [0.2, 0.25) is 0 Å². The number of urea groups is 1. The second-order valence-electron chi connectivity index (χ2n) is 7.07. The van der Waals surface area contributed by atoms with Crippen molar-refractivity contribution in [3.05, 3.63) is 53.6 Å². The Labute approximate surface area is 170 Å². The number of rotatable bonds is 5. The van der Waals surface area contributed by atoms with Gasteiger partial charge in [0.25, 0.3) is 5.91 Å². The number of imide groups is 1. The molecule has 0 spiro atoms. The number of nitrogens with one attached hydrogen (secondary N) is 2. The first-order chi connectivity index (χ1) is 13.5. The lowest BCUT2D eigenvalue weighted by Crippen LogP contribution is -2.48. The quantitative estimate of drug-likeness (QED) is 0.747. The fourth-order valence-electron chi connectivity index (χ4n) is 3.33. The van der Waals surface area contributed by atoms with Gasteiger partial charge in [0.05, 0.1) is 5.02 Å². The van der Waals surface area contributed by atoms with Gasteiger partial charge in [-0.1, -0.05) is 67.3 Å². The van der Waals surface area contributed by atoms with Gasteiger partial charge in [-0.15, -0.1) is 0 Å².